The maximum absolute atomic E-state index is 15.0. The molecule has 1 fully saturated rings. The minimum atomic E-state index is -5.38. The number of carbonyl (C=O) groups is 2. The molecule has 2 aromatic heterocycles. The zero-order chi connectivity index (χ0) is 29.4. The van der Waals surface area contributed by atoms with Crippen LogP contribution in [0.3, 0.4) is 0 Å². The maximum atomic E-state index is 15.0. The number of aromatic nitrogens is 3. The van der Waals surface area contributed by atoms with Gasteiger partial charge in [0.25, 0.3) is 17.7 Å². The quantitative estimate of drug-likeness (QED) is 0.237. The van der Waals surface area contributed by atoms with E-state index >= 15 is 8.78 Å². The Morgan fingerprint density at radius 1 is 1.00 bits per heavy atom. The minimum Gasteiger partial charge on any atom is -0.463 e. The second kappa shape index (κ2) is 10.7. The summed E-state index contributed by atoms with van der Waals surface area (Å²) in [5.41, 5.74) is 0.133. The number of nitrogens with zero attached hydrogens (tertiary/aromatic N) is 4. The standard InChI is InChI=1S/C27H18F6N4O4/c28-16-6-7-17(18(13-16)22-34-9-3-10-35-22)24(38)37-11-8-26(29,30)21(14-37)41-23-20(40-25(39)27(31,32)33)12-15-4-1-2-5-19(15)36-23/h1-7,9-10,12-13,21H,8,11,14H2. The monoisotopic (exact) mass is 576 g/mol. The number of amides is 1. The van der Waals surface area contributed by atoms with E-state index in [1.54, 1.807) is 12.1 Å². The molecule has 1 aliphatic heterocycles. The number of piperidine rings is 1. The van der Waals surface area contributed by atoms with Gasteiger partial charge in [0, 0.05) is 36.3 Å². The van der Waals surface area contributed by atoms with E-state index in [0.717, 1.165) is 23.1 Å². The lowest BCUT2D eigenvalue weighted by atomic mass is 10.00. The number of ether oxygens (including phenoxy) is 2. The molecule has 4 aromatic rings. The number of alkyl halides is 5. The van der Waals surface area contributed by atoms with E-state index in [4.69, 9.17) is 4.74 Å². The molecule has 1 amide bonds. The van der Waals surface area contributed by atoms with Gasteiger partial charge in [0.2, 0.25) is 0 Å². The molecule has 0 aliphatic carbocycles. The van der Waals surface area contributed by atoms with Gasteiger partial charge in [-0.1, -0.05) is 18.2 Å². The lowest BCUT2D eigenvalue weighted by Gasteiger charge is -2.38. The van der Waals surface area contributed by atoms with E-state index in [1.165, 1.54) is 36.7 Å². The fourth-order valence-corrected chi connectivity index (χ4v) is 4.20. The van der Waals surface area contributed by atoms with Crippen molar-refractivity contribution < 1.29 is 45.4 Å². The molecule has 0 radical (unpaired) electrons. The first-order valence-electron chi connectivity index (χ1n) is 12.0. The highest BCUT2D eigenvalue weighted by Gasteiger charge is 2.48. The van der Waals surface area contributed by atoms with Gasteiger partial charge in [-0.25, -0.2) is 32.9 Å². The molecule has 1 unspecified atom stereocenters. The predicted octanol–water partition coefficient (Wildman–Crippen LogP) is 5.23. The van der Waals surface area contributed by atoms with Crippen LogP contribution < -0.4 is 9.47 Å². The highest BCUT2D eigenvalue weighted by atomic mass is 19.4. The number of carbonyl (C=O) groups excluding carboxylic acids is 2. The summed E-state index contributed by atoms with van der Waals surface area (Å²) in [6.45, 7) is -1.14. The van der Waals surface area contributed by atoms with Gasteiger partial charge >= 0.3 is 12.1 Å². The lowest BCUT2D eigenvalue weighted by molar-refractivity contribution is -0.190. The van der Waals surface area contributed by atoms with E-state index in [0.29, 0.717) is 0 Å². The summed E-state index contributed by atoms with van der Waals surface area (Å²) in [5.74, 6) is -9.18. The molecule has 1 saturated heterocycles. The Bertz CT molecular complexity index is 1620. The third-order valence-electron chi connectivity index (χ3n) is 6.22. The van der Waals surface area contributed by atoms with Gasteiger partial charge in [0.15, 0.2) is 17.7 Å². The van der Waals surface area contributed by atoms with E-state index in [1.807, 2.05) is 0 Å². The van der Waals surface area contributed by atoms with E-state index in [2.05, 4.69) is 19.7 Å². The van der Waals surface area contributed by atoms with Crippen molar-refractivity contribution >= 4 is 22.8 Å². The summed E-state index contributed by atoms with van der Waals surface area (Å²) in [7, 11) is 0. The number of hydrogen-bond donors (Lipinski definition) is 0. The Morgan fingerprint density at radius 2 is 1.73 bits per heavy atom. The first kappa shape index (κ1) is 27.8. The van der Waals surface area contributed by atoms with Crippen LogP contribution in [0.15, 0.2) is 67.0 Å². The molecule has 3 heterocycles. The zero-order valence-electron chi connectivity index (χ0n) is 20.7. The van der Waals surface area contributed by atoms with Crippen LogP contribution in [-0.4, -0.2) is 63.0 Å². The molecule has 8 nitrogen and oxygen atoms in total. The van der Waals surface area contributed by atoms with Gasteiger partial charge in [-0.2, -0.15) is 13.2 Å². The number of hydrogen-bond acceptors (Lipinski definition) is 7. The molecule has 14 heteroatoms. The van der Waals surface area contributed by atoms with Crippen molar-refractivity contribution in [1.29, 1.82) is 0 Å². The Hall–Kier alpha value is -4.75. The van der Waals surface area contributed by atoms with Crippen LogP contribution in [-0.2, 0) is 4.79 Å². The Kier molecular flexibility index (Phi) is 7.24. The fourth-order valence-electron chi connectivity index (χ4n) is 4.20. The van der Waals surface area contributed by atoms with Crippen molar-refractivity contribution in [3.63, 3.8) is 0 Å². The fraction of sp³-hybridized carbons (Fsp3) is 0.222. The van der Waals surface area contributed by atoms with Crippen LogP contribution in [0.2, 0.25) is 0 Å². The molecule has 1 atom stereocenters. The van der Waals surface area contributed by atoms with Gasteiger partial charge in [-0.3, -0.25) is 4.79 Å². The third kappa shape index (κ3) is 5.90. The van der Waals surface area contributed by atoms with Crippen LogP contribution in [0.25, 0.3) is 22.3 Å². The smallest absolute Gasteiger partial charge is 0.463 e. The number of rotatable bonds is 5. The van der Waals surface area contributed by atoms with Crippen molar-refractivity contribution in [2.24, 2.45) is 0 Å². The second-order valence-electron chi connectivity index (χ2n) is 9.00. The van der Waals surface area contributed by atoms with Crippen molar-refractivity contribution in [3.05, 3.63) is 78.4 Å². The average Bonchev–Trinajstić information content (AvgIpc) is 2.94. The van der Waals surface area contributed by atoms with Crippen LogP contribution in [0.1, 0.15) is 16.8 Å². The van der Waals surface area contributed by atoms with Crippen LogP contribution in [0.5, 0.6) is 11.6 Å². The maximum Gasteiger partial charge on any atom is 0.491 e. The number of fused-ring (bicyclic) bond motifs is 1. The topological polar surface area (TPSA) is 94.5 Å². The minimum absolute atomic E-state index is 0.0296. The molecule has 0 saturated carbocycles. The largest absolute Gasteiger partial charge is 0.491 e. The molecule has 0 N–H and O–H groups in total. The van der Waals surface area contributed by atoms with Crippen molar-refractivity contribution in [2.75, 3.05) is 13.1 Å². The van der Waals surface area contributed by atoms with Crippen LogP contribution >= 0.6 is 0 Å². The number of pyridine rings is 1. The molecule has 0 bridgehead atoms. The van der Waals surface area contributed by atoms with E-state index in [9.17, 15) is 27.2 Å². The average molecular weight is 576 g/mol. The Morgan fingerprint density at radius 3 is 2.46 bits per heavy atom. The molecular weight excluding hydrogens is 558 g/mol. The molecule has 2 aromatic carbocycles. The Balaban J connectivity index is 1.47. The van der Waals surface area contributed by atoms with Crippen LogP contribution in [0.4, 0.5) is 26.3 Å². The summed E-state index contributed by atoms with van der Waals surface area (Å²) < 4.78 is 92.7. The highest BCUT2D eigenvalue weighted by molar-refractivity contribution is 6.00. The lowest BCUT2D eigenvalue weighted by Crippen LogP contribution is -2.55. The molecular formula is C27H18F6N4O4. The summed E-state index contributed by atoms with van der Waals surface area (Å²) in [5, 5.41) is 0.254. The highest BCUT2D eigenvalue weighted by Crippen LogP contribution is 2.37. The summed E-state index contributed by atoms with van der Waals surface area (Å²) in [4.78, 5) is 38.1. The molecule has 1 aliphatic rings. The first-order chi connectivity index (χ1) is 19.4. The van der Waals surface area contributed by atoms with Gasteiger partial charge < -0.3 is 14.4 Å². The molecule has 5 rings (SSSR count). The number of para-hydroxylation sites is 1. The van der Waals surface area contributed by atoms with Gasteiger partial charge in [-0.15, -0.1) is 0 Å². The zero-order valence-corrected chi connectivity index (χ0v) is 20.7. The SMILES string of the molecule is O=C(c1ccc(F)cc1-c1ncccn1)N1CCC(F)(F)C(Oc2nc3ccccc3cc2OC(=O)C(F)(F)F)C1. The first-order valence-corrected chi connectivity index (χ1v) is 12.0. The molecule has 212 valence electrons. The van der Waals surface area contributed by atoms with E-state index < -0.39 is 67.0 Å². The van der Waals surface area contributed by atoms with Gasteiger partial charge in [-0.05, 0) is 36.4 Å². The van der Waals surface area contributed by atoms with Crippen LogP contribution in [0, 0.1) is 5.82 Å². The Labute approximate surface area is 227 Å². The number of likely N-dealkylation sites (tertiary alicyclic amines) is 1. The van der Waals surface area contributed by atoms with Crippen molar-refractivity contribution in [1.82, 2.24) is 19.9 Å². The van der Waals surface area contributed by atoms with Gasteiger partial charge in [0.1, 0.15) is 5.82 Å². The summed E-state index contributed by atoms with van der Waals surface area (Å²) in [6.07, 6.45) is -5.57. The predicted molar refractivity (Wildman–Crippen MR) is 131 cm³/mol. The molecule has 41 heavy (non-hydrogen) atoms. The van der Waals surface area contributed by atoms with Crippen molar-refractivity contribution in [2.45, 2.75) is 24.6 Å². The second-order valence-corrected chi connectivity index (χ2v) is 9.00. The normalized spacial score (nSPS) is 16.8. The number of halogens is 6. The number of esters is 1. The summed E-state index contributed by atoms with van der Waals surface area (Å²) in [6, 6.07) is 11.8. The van der Waals surface area contributed by atoms with E-state index in [-0.39, 0.29) is 27.9 Å². The van der Waals surface area contributed by atoms with Gasteiger partial charge in [0.05, 0.1) is 17.6 Å². The van der Waals surface area contributed by atoms with Crippen molar-refractivity contribution in [3.8, 4) is 23.0 Å². The number of benzene rings is 2. The molecule has 0 spiro atoms. The summed E-state index contributed by atoms with van der Waals surface area (Å²) >= 11 is 0. The third-order valence-corrected chi connectivity index (χ3v) is 6.22.